The maximum atomic E-state index is 10.7. The molecule has 2 aromatic heterocycles. The molecule has 1 aliphatic carbocycles. The Morgan fingerprint density at radius 1 is 1.30 bits per heavy atom. The molecule has 0 spiro atoms. The minimum atomic E-state index is -1.02. The number of rotatable bonds is 5. The fraction of sp³-hybridized carbons (Fsp3) is 0.200. The van der Waals surface area contributed by atoms with E-state index in [0.29, 0.717) is 23.1 Å². The molecule has 1 atom stereocenters. The van der Waals surface area contributed by atoms with Crippen molar-refractivity contribution in [1.29, 1.82) is 0 Å². The lowest BCUT2D eigenvalue weighted by atomic mass is 9.88. The van der Waals surface area contributed by atoms with Gasteiger partial charge in [-0.05, 0) is 37.5 Å². The fourth-order valence-electron chi connectivity index (χ4n) is 3.02. The Labute approximate surface area is 166 Å². The molecule has 0 saturated carbocycles. The lowest BCUT2D eigenvalue weighted by Crippen LogP contribution is -2.34. The average Bonchev–Trinajstić information content (AvgIpc) is 3.05. The van der Waals surface area contributed by atoms with Crippen molar-refractivity contribution in [3.8, 4) is 11.5 Å². The summed E-state index contributed by atoms with van der Waals surface area (Å²) in [7, 11) is 0. The van der Waals surface area contributed by atoms with Crippen molar-refractivity contribution in [2.24, 2.45) is 0 Å². The summed E-state index contributed by atoms with van der Waals surface area (Å²) in [6.45, 7) is 3.77. The highest BCUT2D eigenvalue weighted by atomic mass is 35.5. The highest BCUT2D eigenvalue weighted by Crippen LogP contribution is 2.35. The maximum absolute atomic E-state index is 10.7. The zero-order chi connectivity index (χ0) is 18.9. The third-order valence-electron chi connectivity index (χ3n) is 4.45. The number of thiazole rings is 1. The molecule has 3 aromatic rings. The number of nitrogens with zero attached hydrogens (tertiary/aromatic N) is 2. The number of allylic oxidation sites excluding steroid dienone is 1. The Bertz CT molecular complexity index is 1030. The smallest absolute Gasteiger partial charge is 0.188 e. The van der Waals surface area contributed by atoms with Gasteiger partial charge in [0.25, 0.3) is 0 Å². The van der Waals surface area contributed by atoms with E-state index in [1.807, 2.05) is 24.3 Å². The van der Waals surface area contributed by atoms with Crippen molar-refractivity contribution in [3.63, 3.8) is 0 Å². The first-order chi connectivity index (χ1) is 13.1. The summed E-state index contributed by atoms with van der Waals surface area (Å²) < 4.78 is 6.83. The van der Waals surface area contributed by atoms with Gasteiger partial charge in [-0.1, -0.05) is 41.7 Å². The van der Waals surface area contributed by atoms with Crippen molar-refractivity contribution < 1.29 is 9.84 Å². The van der Waals surface area contributed by atoms with Gasteiger partial charge in [0, 0.05) is 24.0 Å². The van der Waals surface area contributed by atoms with Crippen LogP contribution in [0.25, 0.3) is 10.2 Å². The Morgan fingerprint density at radius 2 is 2.15 bits per heavy atom. The predicted molar refractivity (Wildman–Crippen MR) is 110 cm³/mol. The molecule has 0 amide bonds. The van der Waals surface area contributed by atoms with Crippen LogP contribution < -0.4 is 10.1 Å². The van der Waals surface area contributed by atoms with Gasteiger partial charge in [0.1, 0.15) is 22.3 Å². The summed E-state index contributed by atoms with van der Waals surface area (Å²) in [6.07, 6.45) is 7.72. The van der Waals surface area contributed by atoms with Crippen LogP contribution in [0.4, 0.5) is 5.13 Å². The van der Waals surface area contributed by atoms with Crippen LogP contribution in [-0.2, 0) is 0 Å². The Kier molecular flexibility index (Phi) is 4.86. The number of aromatic nitrogens is 2. The van der Waals surface area contributed by atoms with E-state index in [2.05, 4.69) is 21.9 Å². The number of hydrogen-bond acceptors (Lipinski definition) is 6. The van der Waals surface area contributed by atoms with Crippen molar-refractivity contribution in [1.82, 2.24) is 9.97 Å². The summed E-state index contributed by atoms with van der Waals surface area (Å²) in [4.78, 5) is 8.55. The van der Waals surface area contributed by atoms with E-state index in [4.69, 9.17) is 16.3 Å². The number of benzene rings is 1. The van der Waals surface area contributed by atoms with Crippen molar-refractivity contribution in [2.45, 2.75) is 24.9 Å². The van der Waals surface area contributed by atoms with Gasteiger partial charge >= 0.3 is 0 Å². The van der Waals surface area contributed by atoms with Crippen LogP contribution in [0.15, 0.2) is 61.0 Å². The molecule has 0 unspecified atom stereocenters. The molecule has 0 aliphatic heterocycles. The number of halogens is 1. The standard InChI is InChI=1S/C20H18ClN3O2S/c1-2-20(25)9-4-3-5-17(20)24-19-23-15-7-6-13(11-16(15)27-19)26-14-8-10-22-18(21)12-14/h2,5-8,10-12,25H,1,3-4,9H2,(H,23,24)/t20-/m0/s1. The van der Waals surface area contributed by atoms with Gasteiger partial charge in [0.05, 0.1) is 10.2 Å². The zero-order valence-corrected chi connectivity index (χ0v) is 16.1. The molecule has 0 saturated heterocycles. The summed E-state index contributed by atoms with van der Waals surface area (Å²) in [5.74, 6) is 1.32. The van der Waals surface area contributed by atoms with E-state index in [0.717, 1.165) is 33.9 Å². The van der Waals surface area contributed by atoms with Gasteiger partial charge in [-0.25, -0.2) is 9.97 Å². The van der Waals surface area contributed by atoms with E-state index in [1.54, 1.807) is 24.4 Å². The first-order valence-corrected chi connectivity index (χ1v) is 9.79. The Morgan fingerprint density at radius 3 is 2.96 bits per heavy atom. The molecule has 4 rings (SSSR count). The molecule has 1 aromatic carbocycles. The van der Waals surface area contributed by atoms with Gasteiger partial charge < -0.3 is 15.2 Å². The summed E-state index contributed by atoms with van der Waals surface area (Å²) in [5, 5.41) is 15.1. The zero-order valence-electron chi connectivity index (χ0n) is 14.5. The third-order valence-corrected chi connectivity index (χ3v) is 5.59. The van der Waals surface area contributed by atoms with Crippen LogP contribution in [-0.4, -0.2) is 20.7 Å². The summed E-state index contributed by atoms with van der Waals surface area (Å²) in [6, 6.07) is 9.12. The minimum Gasteiger partial charge on any atom is -0.457 e. The van der Waals surface area contributed by atoms with Crippen LogP contribution in [0, 0.1) is 0 Å². The number of fused-ring (bicyclic) bond motifs is 1. The molecule has 0 fully saturated rings. The topological polar surface area (TPSA) is 67.3 Å². The normalized spacial score (nSPS) is 19.6. The first-order valence-electron chi connectivity index (χ1n) is 8.59. The SMILES string of the molecule is C=C[C@]1(O)CCCC=C1Nc1nc2ccc(Oc3ccnc(Cl)c3)cc2s1. The molecule has 138 valence electrons. The largest absolute Gasteiger partial charge is 0.457 e. The number of hydrogen-bond donors (Lipinski definition) is 2. The molecule has 0 bridgehead atoms. The number of ether oxygens (including phenoxy) is 1. The summed E-state index contributed by atoms with van der Waals surface area (Å²) in [5.41, 5.74) is 0.581. The van der Waals surface area contributed by atoms with E-state index in [9.17, 15) is 5.11 Å². The van der Waals surface area contributed by atoms with Crippen molar-refractivity contribution >= 4 is 38.3 Å². The van der Waals surface area contributed by atoms with Crippen LogP contribution in [0.3, 0.4) is 0 Å². The van der Waals surface area contributed by atoms with Crippen LogP contribution >= 0.6 is 22.9 Å². The molecule has 2 heterocycles. The molecule has 0 radical (unpaired) electrons. The van der Waals surface area contributed by atoms with Crippen LogP contribution in [0.1, 0.15) is 19.3 Å². The minimum absolute atomic E-state index is 0.383. The molecule has 5 nitrogen and oxygen atoms in total. The number of nitrogens with one attached hydrogen (secondary N) is 1. The Hall–Kier alpha value is -2.41. The van der Waals surface area contributed by atoms with Crippen LogP contribution in [0.5, 0.6) is 11.5 Å². The van der Waals surface area contributed by atoms with Gasteiger partial charge in [0.2, 0.25) is 0 Å². The quantitative estimate of drug-likeness (QED) is 0.436. The maximum Gasteiger partial charge on any atom is 0.188 e. The first kappa shape index (κ1) is 18.0. The van der Waals surface area contributed by atoms with E-state index < -0.39 is 5.60 Å². The monoisotopic (exact) mass is 399 g/mol. The highest BCUT2D eigenvalue weighted by Gasteiger charge is 2.30. The second-order valence-corrected chi connectivity index (χ2v) is 7.75. The van der Waals surface area contributed by atoms with E-state index in [1.165, 1.54) is 11.3 Å². The molecule has 1 aliphatic rings. The predicted octanol–water partition coefficient (Wildman–Crippen LogP) is 5.53. The molecule has 2 N–H and O–H groups in total. The lowest BCUT2D eigenvalue weighted by molar-refractivity contribution is 0.113. The van der Waals surface area contributed by atoms with Crippen LogP contribution in [0.2, 0.25) is 5.15 Å². The molecular weight excluding hydrogens is 382 g/mol. The van der Waals surface area contributed by atoms with Crippen molar-refractivity contribution in [3.05, 3.63) is 66.1 Å². The summed E-state index contributed by atoms with van der Waals surface area (Å²) >= 11 is 7.40. The molecular formula is C20H18ClN3O2S. The molecule has 7 heteroatoms. The fourth-order valence-corrected chi connectivity index (χ4v) is 4.09. The second-order valence-electron chi connectivity index (χ2n) is 6.33. The lowest BCUT2D eigenvalue weighted by Gasteiger charge is -2.31. The average molecular weight is 400 g/mol. The number of aliphatic hydroxyl groups is 1. The number of pyridine rings is 1. The van der Waals surface area contributed by atoms with E-state index >= 15 is 0 Å². The number of anilines is 1. The van der Waals surface area contributed by atoms with Gasteiger partial charge in [0.15, 0.2) is 5.13 Å². The van der Waals surface area contributed by atoms with Gasteiger partial charge in [-0.15, -0.1) is 0 Å². The Balaban J connectivity index is 1.57. The van der Waals surface area contributed by atoms with Gasteiger partial charge in [-0.3, -0.25) is 0 Å². The van der Waals surface area contributed by atoms with Crippen molar-refractivity contribution in [2.75, 3.05) is 5.32 Å². The van der Waals surface area contributed by atoms with E-state index in [-0.39, 0.29) is 0 Å². The molecule has 27 heavy (non-hydrogen) atoms. The third kappa shape index (κ3) is 3.83. The second kappa shape index (κ2) is 7.31. The highest BCUT2D eigenvalue weighted by molar-refractivity contribution is 7.22. The van der Waals surface area contributed by atoms with Gasteiger partial charge in [-0.2, -0.15) is 0 Å².